The molecule has 0 atom stereocenters. The molecule has 1 aromatic heterocycles. The van der Waals surface area contributed by atoms with Gasteiger partial charge in [-0.15, -0.1) is 11.3 Å². The van der Waals surface area contributed by atoms with Crippen molar-refractivity contribution in [3.63, 3.8) is 0 Å². The van der Waals surface area contributed by atoms with E-state index >= 15 is 0 Å². The molecule has 3 aromatic rings. The molecule has 1 heterocycles. The molecule has 3 rings (SSSR count). The lowest BCUT2D eigenvalue weighted by atomic mass is 10.1. The Bertz CT molecular complexity index is 1020. The first kappa shape index (κ1) is 18.9. The van der Waals surface area contributed by atoms with Gasteiger partial charge in [0.05, 0.1) is 15.6 Å². The Labute approximate surface area is 171 Å². The van der Waals surface area contributed by atoms with E-state index in [9.17, 15) is 14.7 Å². The number of hydrogen-bond donors (Lipinski definition) is 2. The van der Waals surface area contributed by atoms with Crippen molar-refractivity contribution in [1.82, 2.24) is 0 Å². The van der Waals surface area contributed by atoms with E-state index in [1.54, 1.807) is 47.8 Å². The van der Waals surface area contributed by atoms with Gasteiger partial charge in [0.2, 0.25) is 0 Å². The summed E-state index contributed by atoms with van der Waals surface area (Å²) in [7, 11) is 0. The normalized spacial score (nSPS) is 10.6. The van der Waals surface area contributed by atoms with Gasteiger partial charge in [-0.05, 0) is 30.3 Å². The van der Waals surface area contributed by atoms with Crippen molar-refractivity contribution in [3.8, 4) is 10.4 Å². The highest BCUT2D eigenvalue weighted by Crippen LogP contribution is 2.40. The summed E-state index contributed by atoms with van der Waals surface area (Å²) in [5.41, 5.74) is 1.16. The van der Waals surface area contributed by atoms with E-state index in [1.165, 1.54) is 11.3 Å². The summed E-state index contributed by atoms with van der Waals surface area (Å²) in [4.78, 5) is 24.7. The molecule has 2 N–H and O–H groups in total. The van der Waals surface area contributed by atoms with Crippen LogP contribution in [0.1, 0.15) is 20.7 Å². The van der Waals surface area contributed by atoms with Crippen LogP contribution in [0.4, 0.5) is 5.69 Å². The Morgan fingerprint density at radius 2 is 1.88 bits per heavy atom. The number of carbonyl (C=O) groups excluding carboxylic acids is 1. The highest BCUT2D eigenvalue weighted by Gasteiger charge is 2.23. The minimum absolute atomic E-state index is 0.0115. The van der Waals surface area contributed by atoms with E-state index in [0.29, 0.717) is 26.0 Å². The second-order valence-corrected chi connectivity index (χ2v) is 7.89. The third-order valence-corrected chi connectivity index (χ3v) is 5.57. The van der Waals surface area contributed by atoms with E-state index in [1.807, 2.05) is 0 Å². The topological polar surface area (TPSA) is 66.4 Å². The van der Waals surface area contributed by atoms with Crippen LogP contribution in [-0.4, -0.2) is 17.0 Å². The molecular formula is C18H10BrCl2NO3S. The highest BCUT2D eigenvalue weighted by molar-refractivity contribution is 9.10. The van der Waals surface area contributed by atoms with Gasteiger partial charge in [-0.1, -0.05) is 51.3 Å². The fraction of sp³-hybridized carbons (Fsp3) is 0. The van der Waals surface area contributed by atoms with Gasteiger partial charge < -0.3 is 10.4 Å². The lowest BCUT2D eigenvalue weighted by Gasteiger charge is -2.08. The molecule has 0 fully saturated rings. The van der Waals surface area contributed by atoms with Crippen molar-refractivity contribution < 1.29 is 14.7 Å². The first-order valence-corrected chi connectivity index (χ1v) is 9.67. The smallest absolute Gasteiger partial charge is 0.339 e. The number of halogens is 3. The Hall–Kier alpha value is -1.86. The minimum Gasteiger partial charge on any atom is -0.478 e. The van der Waals surface area contributed by atoms with Crippen molar-refractivity contribution in [2.75, 3.05) is 5.32 Å². The third kappa shape index (κ3) is 3.94. The van der Waals surface area contributed by atoms with E-state index in [0.717, 1.165) is 4.47 Å². The predicted molar refractivity (Wildman–Crippen MR) is 109 cm³/mol. The van der Waals surface area contributed by atoms with Gasteiger partial charge in [0.15, 0.2) is 0 Å². The Balaban J connectivity index is 2.00. The number of nitrogens with one attached hydrogen (secondary N) is 1. The summed E-state index contributed by atoms with van der Waals surface area (Å²) >= 11 is 16.6. The Kier molecular flexibility index (Phi) is 5.67. The van der Waals surface area contributed by atoms with Crippen LogP contribution < -0.4 is 5.32 Å². The number of rotatable bonds is 4. The van der Waals surface area contributed by atoms with Gasteiger partial charge in [-0.3, -0.25) is 4.79 Å². The standard InChI is InChI=1S/C18H10BrCl2NO3S/c19-10-3-1-2-9(6-10)17(23)22-14-8-26-16(15(14)18(24)25)12-5-4-11(20)7-13(12)21/h1-8H,(H,22,23)(H,24,25). The molecule has 8 heteroatoms. The van der Waals surface area contributed by atoms with Gasteiger partial charge in [-0.25, -0.2) is 4.79 Å². The molecule has 2 aromatic carbocycles. The molecule has 132 valence electrons. The molecule has 0 unspecified atom stereocenters. The monoisotopic (exact) mass is 469 g/mol. The molecule has 0 saturated heterocycles. The average Bonchev–Trinajstić information content (AvgIpc) is 2.98. The molecule has 0 aliphatic carbocycles. The van der Waals surface area contributed by atoms with Crippen molar-refractivity contribution in [1.29, 1.82) is 0 Å². The van der Waals surface area contributed by atoms with Crippen LogP contribution >= 0.6 is 50.5 Å². The molecular weight excluding hydrogens is 461 g/mol. The number of aromatic carboxylic acids is 1. The molecule has 0 spiro atoms. The van der Waals surface area contributed by atoms with Gasteiger partial charge in [-0.2, -0.15) is 0 Å². The maximum Gasteiger partial charge on any atom is 0.339 e. The number of thiophene rings is 1. The fourth-order valence-corrected chi connectivity index (χ4v) is 4.35. The zero-order valence-corrected chi connectivity index (χ0v) is 16.8. The number of hydrogen-bond acceptors (Lipinski definition) is 3. The summed E-state index contributed by atoms with van der Waals surface area (Å²) < 4.78 is 0.752. The average molecular weight is 471 g/mol. The number of carboxylic acid groups (broad SMARTS) is 1. The van der Waals surface area contributed by atoms with Crippen LogP contribution in [0.3, 0.4) is 0 Å². The van der Waals surface area contributed by atoms with E-state index in [-0.39, 0.29) is 11.3 Å². The van der Waals surface area contributed by atoms with Gasteiger partial charge in [0.25, 0.3) is 5.91 Å². The molecule has 0 bridgehead atoms. The summed E-state index contributed by atoms with van der Waals surface area (Å²) in [5.74, 6) is -1.56. The van der Waals surface area contributed by atoms with E-state index < -0.39 is 11.9 Å². The number of carboxylic acids is 1. The van der Waals surface area contributed by atoms with Crippen molar-refractivity contribution in [3.05, 3.63) is 73.5 Å². The SMILES string of the molecule is O=C(Nc1csc(-c2ccc(Cl)cc2Cl)c1C(=O)O)c1cccc(Br)c1. The molecule has 26 heavy (non-hydrogen) atoms. The first-order chi connectivity index (χ1) is 12.4. The lowest BCUT2D eigenvalue weighted by Crippen LogP contribution is -2.14. The number of carbonyl (C=O) groups is 2. The maximum absolute atomic E-state index is 12.4. The zero-order valence-electron chi connectivity index (χ0n) is 12.9. The van der Waals surface area contributed by atoms with Gasteiger partial charge in [0, 0.05) is 26.0 Å². The van der Waals surface area contributed by atoms with Gasteiger partial charge >= 0.3 is 5.97 Å². The molecule has 1 amide bonds. The number of benzene rings is 2. The first-order valence-electron chi connectivity index (χ1n) is 7.24. The number of amides is 1. The molecule has 0 saturated carbocycles. The van der Waals surface area contributed by atoms with E-state index in [4.69, 9.17) is 23.2 Å². The highest BCUT2D eigenvalue weighted by atomic mass is 79.9. The van der Waals surface area contributed by atoms with E-state index in [2.05, 4.69) is 21.2 Å². The summed E-state index contributed by atoms with van der Waals surface area (Å²) in [6, 6.07) is 11.7. The van der Waals surface area contributed by atoms with Crippen LogP contribution in [0, 0.1) is 0 Å². The second kappa shape index (κ2) is 7.80. The molecule has 0 radical (unpaired) electrons. The zero-order chi connectivity index (χ0) is 18.8. The predicted octanol–water partition coefficient (Wildman–Crippen LogP) is 6.43. The molecule has 0 aliphatic heterocycles. The summed E-state index contributed by atoms with van der Waals surface area (Å²) in [6.07, 6.45) is 0. The quantitative estimate of drug-likeness (QED) is 0.461. The van der Waals surface area contributed by atoms with Crippen molar-refractivity contribution in [2.24, 2.45) is 0 Å². The van der Waals surface area contributed by atoms with Crippen molar-refractivity contribution >= 4 is 68.0 Å². The Morgan fingerprint density at radius 3 is 2.54 bits per heavy atom. The Morgan fingerprint density at radius 1 is 1.12 bits per heavy atom. The van der Waals surface area contributed by atoms with Crippen LogP contribution in [0.2, 0.25) is 10.0 Å². The fourth-order valence-electron chi connectivity index (χ4n) is 2.36. The van der Waals surface area contributed by atoms with Gasteiger partial charge in [0.1, 0.15) is 5.56 Å². The van der Waals surface area contributed by atoms with Crippen LogP contribution in [0.25, 0.3) is 10.4 Å². The largest absolute Gasteiger partial charge is 0.478 e. The second-order valence-electron chi connectivity index (χ2n) is 5.25. The molecule has 4 nitrogen and oxygen atoms in total. The van der Waals surface area contributed by atoms with Crippen LogP contribution in [0.15, 0.2) is 52.3 Å². The molecule has 0 aliphatic rings. The minimum atomic E-state index is -1.16. The summed E-state index contributed by atoms with van der Waals surface area (Å²) in [6.45, 7) is 0. The van der Waals surface area contributed by atoms with Crippen molar-refractivity contribution in [2.45, 2.75) is 0 Å². The third-order valence-electron chi connectivity index (χ3n) is 3.52. The van der Waals surface area contributed by atoms with Crippen LogP contribution in [-0.2, 0) is 0 Å². The van der Waals surface area contributed by atoms with Crippen LogP contribution in [0.5, 0.6) is 0 Å². The number of anilines is 1. The maximum atomic E-state index is 12.4. The lowest BCUT2D eigenvalue weighted by molar-refractivity contribution is 0.0699. The summed E-state index contributed by atoms with van der Waals surface area (Å²) in [5, 5.41) is 14.7.